The van der Waals surface area contributed by atoms with Crippen LogP contribution in [0.1, 0.15) is 29.6 Å². The van der Waals surface area contributed by atoms with Gasteiger partial charge in [-0.2, -0.15) is 0 Å². The van der Waals surface area contributed by atoms with Gasteiger partial charge in [0, 0.05) is 18.7 Å². The first kappa shape index (κ1) is 14.3. The Morgan fingerprint density at radius 1 is 1.45 bits per heavy atom. The van der Waals surface area contributed by atoms with Crippen molar-refractivity contribution in [1.29, 1.82) is 0 Å². The summed E-state index contributed by atoms with van der Waals surface area (Å²) in [5.74, 6) is -1.76. The highest BCUT2D eigenvalue weighted by molar-refractivity contribution is 5.95. The van der Waals surface area contributed by atoms with Crippen LogP contribution in [0.3, 0.4) is 0 Å². The monoisotopic (exact) mass is 281 g/mol. The number of halogens is 1. The molecule has 1 saturated carbocycles. The number of carboxylic acid groups (broad SMARTS) is 1. The second-order valence-electron chi connectivity index (χ2n) is 4.72. The largest absolute Gasteiger partial charge is 0.497 e. The Bertz CT molecular complexity index is 528. The number of carbonyl (C=O) groups excluding carboxylic acids is 1. The molecule has 1 fully saturated rings. The third-order valence-corrected chi connectivity index (χ3v) is 3.22. The van der Waals surface area contributed by atoms with Crippen molar-refractivity contribution in [2.24, 2.45) is 0 Å². The minimum atomic E-state index is -0.973. The molecule has 108 valence electrons. The maximum absolute atomic E-state index is 13.9. The quantitative estimate of drug-likeness (QED) is 0.865. The van der Waals surface area contributed by atoms with Gasteiger partial charge in [0.1, 0.15) is 11.6 Å². The third-order valence-electron chi connectivity index (χ3n) is 3.22. The Balaban J connectivity index is 2.16. The van der Waals surface area contributed by atoms with Gasteiger partial charge < -0.3 is 14.7 Å². The molecule has 1 aromatic carbocycles. The number of amides is 1. The van der Waals surface area contributed by atoms with Crippen molar-refractivity contribution in [2.75, 3.05) is 13.7 Å². The number of ether oxygens (including phenoxy) is 1. The van der Waals surface area contributed by atoms with Crippen LogP contribution in [0.15, 0.2) is 18.2 Å². The average molecular weight is 281 g/mol. The predicted octanol–water partition coefficient (Wildman–Crippen LogP) is 1.91. The summed E-state index contributed by atoms with van der Waals surface area (Å²) < 4.78 is 18.8. The van der Waals surface area contributed by atoms with E-state index in [1.807, 2.05) is 0 Å². The first-order valence-corrected chi connectivity index (χ1v) is 6.39. The highest BCUT2D eigenvalue weighted by Gasteiger charge is 2.34. The van der Waals surface area contributed by atoms with Crippen LogP contribution in [-0.2, 0) is 4.79 Å². The summed E-state index contributed by atoms with van der Waals surface area (Å²) in [5, 5.41) is 8.71. The van der Waals surface area contributed by atoms with Gasteiger partial charge in [0.15, 0.2) is 0 Å². The van der Waals surface area contributed by atoms with Gasteiger partial charge in [-0.15, -0.1) is 0 Å². The van der Waals surface area contributed by atoms with E-state index in [1.54, 1.807) is 0 Å². The van der Waals surface area contributed by atoms with Gasteiger partial charge in [-0.3, -0.25) is 9.59 Å². The van der Waals surface area contributed by atoms with Crippen LogP contribution in [0.25, 0.3) is 0 Å². The Hall–Kier alpha value is -2.11. The zero-order chi connectivity index (χ0) is 14.7. The van der Waals surface area contributed by atoms with Crippen molar-refractivity contribution in [3.8, 4) is 5.75 Å². The lowest BCUT2D eigenvalue weighted by Crippen LogP contribution is -2.35. The molecule has 1 aromatic rings. The maximum atomic E-state index is 13.9. The van der Waals surface area contributed by atoms with E-state index in [0.29, 0.717) is 5.75 Å². The molecule has 0 atom stereocenters. The van der Waals surface area contributed by atoms with Gasteiger partial charge >= 0.3 is 5.97 Å². The molecule has 1 aliphatic rings. The molecule has 0 radical (unpaired) electrons. The van der Waals surface area contributed by atoms with Gasteiger partial charge in [0.2, 0.25) is 0 Å². The minimum Gasteiger partial charge on any atom is -0.497 e. The molecule has 1 N–H and O–H groups in total. The molecule has 1 aliphatic carbocycles. The summed E-state index contributed by atoms with van der Waals surface area (Å²) in [6, 6.07) is 4.06. The number of methoxy groups -OCH3 is 1. The van der Waals surface area contributed by atoms with Crippen LogP contribution < -0.4 is 4.74 Å². The highest BCUT2D eigenvalue weighted by Crippen LogP contribution is 2.29. The average Bonchev–Trinajstić information content (AvgIpc) is 3.22. The van der Waals surface area contributed by atoms with E-state index in [4.69, 9.17) is 9.84 Å². The molecule has 0 bridgehead atoms. The lowest BCUT2D eigenvalue weighted by molar-refractivity contribution is -0.137. The summed E-state index contributed by atoms with van der Waals surface area (Å²) in [5.41, 5.74) is -0.0527. The Labute approximate surface area is 116 Å². The number of nitrogens with zero attached hydrogens (tertiary/aromatic N) is 1. The Kier molecular flexibility index (Phi) is 4.22. The zero-order valence-electron chi connectivity index (χ0n) is 11.1. The van der Waals surface area contributed by atoms with Crippen LogP contribution in [-0.4, -0.2) is 41.6 Å². The molecule has 0 heterocycles. The Morgan fingerprint density at radius 2 is 2.15 bits per heavy atom. The normalized spacial score (nSPS) is 13.9. The molecule has 2 rings (SSSR count). The van der Waals surface area contributed by atoms with Crippen LogP contribution in [0.4, 0.5) is 4.39 Å². The Morgan fingerprint density at radius 3 is 2.65 bits per heavy atom. The second kappa shape index (κ2) is 5.90. The van der Waals surface area contributed by atoms with E-state index >= 15 is 0 Å². The summed E-state index contributed by atoms with van der Waals surface area (Å²) in [6.45, 7) is 0.101. The van der Waals surface area contributed by atoms with Gasteiger partial charge in [0.25, 0.3) is 5.91 Å². The lowest BCUT2D eigenvalue weighted by atomic mass is 10.1. The van der Waals surface area contributed by atoms with E-state index in [1.165, 1.54) is 24.1 Å². The fourth-order valence-corrected chi connectivity index (χ4v) is 2.00. The predicted molar refractivity (Wildman–Crippen MR) is 69.3 cm³/mol. The summed E-state index contributed by atoms with van der Waals surface area (Å²) >= 11 is 0. The molecular formula is C14H16FNO4. The molecule has 20 heavy (non-hydrogen) atoms. The molecule has 1 amide bonds. The molecule has 0 aromatic heterocycles. The van der Waals surface area contributed by atoms with Crippen LogP contribution in [0.2, 0.25) is 0 Å². The third kappa shape index (κ3) is 3.26. The van der Waals surface area contributed by atoms with Gasteiger partial charge in [-0.1, -0.05) is 0 Å². The molecule has 0 aliphatic heterocycles. The van der Waals surface area contributed by atoms with Gasteiger partial charge in [0.05, 0.1) is 19.1 Å². The number of rotatable bonds is 6. The van der Waals surface area contributed by atoms with Crippen molar-refractivity contribution in [3.05, 3.63) is 29.6 Å². The maximum Gasteiger partial charge on any atom is 0.305 e. The van der Waals surface area contributed by atoms with Crippen molar-refractivity contribution < 1.29 is 23.8 Å². The van der Waals surface area contributed by atoms with Crippen molar-refractivity contribution >= 4 is 11.9 Å². The number of hydrogen-bond acceptors (Lipinski definition) is 3. The van der Waals surface area contributed by atoms with Crippen molar-refractivity contribution in [2.45, 2.75) is 25.3 Å². The lowest BCUT2D eigenvalue weighted by Gasteiger charge is -2.22. The molecule has 6 heteroatoms. The number of carbonyl (C=O) groups is 2. The molecule has 0 spiro atoms. The summed E-state index contributed by atoms with van der Waals surface area (Å²) in [6.07, 6.45) is 1.53. The van der Waals surface area contributed by atoms with Gasteiger partial charge in [-0.05, 0) is 25.0 Å². The van der Waals surface area contributed by atoms with E-state index in [9.17, 15) is 14.0 Å². The molecule has 0 saturated heterocycles. The zero-order valence-corrected chi connectivity index (χ0v) is 11.1. The van der Waals surface area contributed by atoms with Crippen LogP contribution >= 0.6 is 0 Å². The summed E-state index contributed by atoms with van der Waals surface area (Å²) in [7, 11) is 1.42. The minimum absolute atomic E-state index is 0.0309. The van der Waals surface area contributed by atoms with E-state index in [2.05, 4.69) is 0 Å². The smallest absolute Gasteiger partial charge is 0.305 e. The van der Waals surface area contributed by atoms with Crippen molar-refractivity contribution in [1.82, 2.24) is 4.90 Å². The fourth-order valence-electron chi connectivity index (χ4n) is 2.00. The van der Waals surface area contributed by atoms with Crippen LogP contribution in [0, 0.1) is 5.82 Å². The first-order valence-electron chi connectivity index (χ1n) is 6.39. The fraction of sp³-hybridized carbons (Fsp3) is 0.429. The highest BCUT2D eigenvalue weighted by atomic mass is 19.1. The van der Waals surface area contributed by atoms with Crippen LogP contribution in [0.5, 0.6) is 5.75 Å². The molecular weight excluding hydrogens is 265 g/mol. The molecule has 0 unspecified atom stereocenters. The number of hydrogen-bond donors (Lipinski definition) is 1. The van der Waals surface area contributed by atoms with E-state index in [0.717, 1.165) is 18.9 Å². The number of carboxylic acids is 1. The first-order chi connectivity index (χ1) is 9.52. The number of aliphatic carboxylic acids is 1. The molecule has 5 nitrogen and oxygen atoms in total. The standard InChI is InChI=1S/C14H16FNO4/c1-20-10-4-5-11(12(15)8-10)14(19)16(9-2-3-9)7-6-13(17)18/h4-5,8-9H,2-3,6-7H2,1H3,(H,17,18). The second-order valence-corrected chi connectivity index (χ2v) is 4.72. The van der Waals surface area contributed by atoms with Crippen molar-refractivity contribution in [3.63, 3.8) is 0 Å². The SMILES string of the molecule is COc1ccc(C(=O)N(CCC(=O)O)C2CC2)c(F)c1. The number of benzene rings is 1. The summed E-state index contributed by atoms with van der Waals surface area (Å²) in [4.78, 5) is 24.4. The van der Waals surface area contributed by atoms with Gasteiger partial charge in [-0.25, -0.2) is 4.39 Å². The van der Waals surface area contributed by atoms with E-state index in [-0.39, 0.29) is 24.6 Å². The van der Waals surface area contributed by atoms with E-state index < -0.39 is 17.7 Å². The topological polar surface area (TPSA) is 66.8 Å².